The molecule has 0 radical (unpaired) electrons. The number of hydrogen-bond acceptors (Lipinski definition) is 7. The number of rotatable bonds is 5. The van der Waals surface area contributed by atoms with E-state index in [2.05, 4.69) is 5.10 Å². The van der Waals surface area contributed by atoms with Gasteiger partial charge in [-0.05, 0) is 54.7 Å². The molecule has 7 nitrogen and oxygen atoms in total. The summed E-state index contributed by atoms with van der Waals surface area (Å²) >= 11 is 5.20. The molecular weight excluding hydrogens is 368 g/mol. The molecule has 2 heterocycles. The number of nitrogens with zero attached hydrogens (tertiary/aromatic N) is 2. The van der Waals surface area contributed by atoms with E-state index in [9.17, 15) is 4.79 Å². The zero-order valence-electron chi connectivity index (χ0n) is 14.5. The number of ether oxygens (including phenoxy) is 3. The van der Waals surface area contributed by atoms with Gasteiger partial charge in [-0.3, -0.25) is 4.79 Å². The molecule has 0 atom stereocenters. The van der Waals surface area contributed by atoms with Crippen LogP contribution < -0.4 is 14.2 Å². The van der Waals surface area contributed by atoms with Crippen LogP contribution in [0.15, 0.2) is 46.9 Å². The van der Waals surface area contributed by atoms with Crippen LogP contribution >= 0.6 is 12.2 Å². The molecule has 0 bridgehead atoms. The maximum atomic E-state index is 12.6. The van der Waals surface area contributed by atoms with Crippen molar-refractivity contribution >= 4 is 18.0 Å². The Balaban J connectivity index is 1.55. The monoisotopic (exact) mass is 384 g/mol. The largest absolute Gasteiger partial charge is 0.497 e. The van der Waals surface area contributed by atoms with Crippen molar-refractivity contribution < 1.29 is 23.4 Å². The molecule has 27 heavy (non-hydrogen) atoms. The van der Waals surface area contributed by atoms with E-state index >= 15 is 0 Å². The number of carbonyl (C=O) groups is 1. The second-order valence-electron chi connectivity index (χ2n) is 5.84. The molecule has 2 aromatic carbocycles. The van der Waals surface area contributed by atoms with Crippen LogP contribution in [-0.2, 0) is 6.54 Å². The molecule has 138 valence electrons. The van der Waals surface area contributed by atoms with E-state index in [1.165, 1.54) is 4.68 Å². The Morgan fingerprint density at radius 1 is 1.15 bits per heavy atom. The van der Waals surface area contributed by atoms with Gasteiger partial charge in [0.15, 0.2) is 17.3 Å². The quantitative estimate of drug-likeness (QED) is 0.492. The third-order valence-electron chi connectivity index (χ3n) is 4.10. The Bertz CT molecular complexity index is 1040. The average Bonchev–Trinajstić information content (AvgIpc) is 3.08. The highest BCUT2D eigenvalue weighted by Gasteiger charge is 2.17. The smallest absolute Gasteiger partial charge is 0.287 e. The molecule has 8 heteroatoms. The molecular formula is C19H16N2O5S. The summed E-state index contributed by atoms with van der Waals surface area (Å²) in [5.74, 6) is 2.12. The van der Waals surface area contributed by atoms with Gasteiger partial charge >= 0.3 is 0 Å². The van der Waals surface area contributed by atoms with Crippen molar-refractivity contribution in [3.8, 4) is 28.7 Å². The molecule has 0 N–H and O–H groups in total. The Labute approximate surface area is 160 Å². The standard InChI is InChI=1S/C19H16N2O5S/c1-23-14-5-2-12(3-6-14)18-20-21(19(27)26-18)11-15(22)13-4-7-16-17(10-13)25-9-8-24-16/h2-7,10H,8-9,11H2,1H3. The van der Waals surface area contributed by atoms with Gasteiger partial charge in [-0.25, -0.2) is 4.68 Å². The summed E-state index contributed by atoms with van der Waals surface area (Å²) in [6, 6.07) is 12.3. The van der Waals surface area contributed by atoms with Gasteiger partial charge < -0.3 is 18.6 Å². The zero-order valence-corrected chi connectivity index (χ0v) is 15.3. The van der Waals surface area contributed by atoms with Gasteiger partial charge in [0.2, 0.25) is 5.89 Å². The third-order valence-corrected chi connectivity index (χ3v) is 4.39. The van der Waals surface area contributed by atoms with E-state index in [-0.39, 0.29) is 17.2 Å². The molecule has 1 aliphatic rings. The lowest BCUT2D eigenvalue weighted by Crippen LogP contribution is -2.17. The summed E-state index contributed by atoms with van der Waals surface area (Å²) in [4.78, 5) is 12.8. The molecule has 0 unspecified atom stereocenters. The van der Waals surface area contributed by atoms with Crippen molar-refractivity contribution in [2.75, 3.05) is 20.3 Å². The molecule has 3 aromatic rings. The van der Waals surface area contributed by atoms with E-state index in [4.69, 9.17) is 30.8 Å². The minimum atomic E-state index is -0.155. The van der Waals surface area contributed by atoms with Gasteiger partial charge in [0.1, 0.15) is 25.5 Å². The van der Waals surface area contributed by atoms with Crippen LogP contribution in [0.5, 0.6) is 17.2 Å². The minimum Gasteiger partial charge on any atom is -0.497 e. The fourth-order valence-corrected chi connectivity index (χ4v) is 2.88. The maximum Gasteiger partial charge on any atom is 0.287 e. The van der Waals surface area contributed by atoms with Crippen molar-refractivity contribution in [3.63, 3.8) is 0 Å². The first kappa shape index (κ1) is 17.3. The van der Waals surface area contributed by atoms with E-state index in [1.807, 2.05) is 12.1 Å². The maximum absolute atomic E-state index is 12.6. The number of methoxy groups -OCH3 is 1. The molecule has 1 aromatic heterocycles. The summed E-state index contributed by atoms with van der Waals surface area (Å²) in [6.07, 6.45) is 0. The highest BCUT2D eigenvalue weighted by atomic mass is 32.1. The first-order valence-corrected chi connectivity index (χ1v) is 8.70. The SMILES string of the molecule is COc1ccc(-c2nn(CC(=O)c3ccc4c(c3)OCCO4)c(=S)o2)cc1. The predicted molar refractivity (Wildman–Crippen MR) is 99.1 cm³/mol. The van der Waals surface area contributed by atoms with Crippen LogP contribution in [0, 0.1) is 4.84 Å². The Morgan fingerprint density at radius 2 is 1.89 bits per heavy atom. The average molecular weight is 384 g/mol. The van der Waals surface area contributed by atoms with Crippen LogP contribution in [0.3, 0.4) is 0 Å². The first-order valence-electron chi connectivity index (χ1n) is 8.29. The van der Waals surface area contributed by atoms with E-state index in [0.717, 1.165) is 11.3 Å². The summed E-state index contributed by atoms with van der Waals surface area (Å²) < 4.78 is 23.0. The van der Waals surface area contributed by atoms with Crippen LogP contribution in [0.2, 0.25) is 0 Å². The van der Waals surface area contributed by atoms with E-state index in [0.29, 0.717) is 36.2 Å². The second-order valence-corrected chi connectivity index (χ2v) is 6.19. The van der Waals surface area contributed by atoms with Gasteiger partial charge in [0, 0.05) is 11.1 Å². The van der Waals surface area contributed by atoms with Crippen molar-refractivity contribution in [2.24, 2.45) is 0 Å². The first-order chi connectivity index (χ1) is 13.1. The number of fused-ring (bicyclic) bond motifs is 1. The summed E-state index contributed by atoms with van der Waals surface area (Å²) in [6.45, 7) is 0.935. The normalized spacial score (nSPS) is 12.6. The van der Waals surface area contributed by atoms with Crippen LogP contribution in [0.1, 0.15) is 10.4 Å². The van der Waals surface area contributed by atoms with Gasteiger partial charge in [-0.15, -0.1) is 5.10 Å². The zero-order chi connectivity index (χ0) is 18.8. The number of hydrogen-bond donors (Lipinski definition) is 0. The lowest BCUT2D eigenvalue weighted by Gasteiger charge is -2.18. The number of aromatic nitrogens is 2. The fourth-order valence-electron chi connectivity index (χ4n) is 2.70. The van der Waals surface area contributed by atoms with Crippen LogP contribution in [0.4, 0.5) is 0 Å². The molecule has 0 fully saturated rings. The topological polar surface area (TPSA) is 75.7 Å². The molecule has 0 saturated heterocycles. The Hall–Kier alpha value is -3.13. The van der Waals surface area contributed by atoms with Crippen LogP contribution in [-0.4, -0.2) is 35.9 Å². The highest BCUT2D eigenvalue weighted by Crippen LogP contribution is 2.31. The number of benzene rings is 2. The summed E-state index contributed by atoms with van der Waals surface area (Å²) in [5, 5.41) is 4.32. The lowest BCUT2D eigenvalue weighted by molar-refractivity contribution is 0.0964. The molecule has 1 aliphatic heterocycles. The number of ketones is 1. The number of Topliss-reactive ketones (excluding diaryl/α,β-unsaturated/α-hetero) is 1. The summed E-state index contributed by atoms with van der Waals surface area (Å²) in [5.41, 5.74) is 1.24. The van der Waals surface area contributed by atoms with Crippen molar-refractivity contribution in [3.05, 3.63) is 52.9 Å². The van der Waals surface area contributed by atoms with Gasteiger partial charge in [0.05, 0.1) is 7.11 Å². The predicted octanol–water partition coefficient (Wildman–Crippen LogP) is 3.54. The number of carbonyl (C=O) groups excluding carboxylic acids is 1. The second kappa shape index (κ2) is 7.24. The Kier molecular flexibility index (Phi) is 4.64. The van der Waals surface area contributed by atoms with Gasteiger partial charge in [0.25, 0.3) is 4.84 Å². The molecule has 0 saturated carbocycles. The lowest BCUT2D eigenvalue weighted by atomic mass is 10.1. The Morgan fingerprint density at radius 3 is 2.63 bits per heavy atom. The molecule has 4 rings (SSSR count). The van der Waals surface area contributed by atoms with Crippen LogP contribution in [0.25, 0.3) is 11.5 Å². The van der Waals surface area contributed by atoms with Crippen molar-refractivity contribution in [2.45, 2.75) is 6.54 Å². The molecule has 0 amide bonds. The van der Waals surface area contributed by atoms with E-state index < -0.39 is 0 Å². The molecule has 0 aliphatic carbocycles. The van der Waals surface area contributed by atoms with Crippen molar-refractivity contribution in [1.29, 1.82) is 0 Å². The molecule has 0 spiro atoms. The van der Waals surface area contributed by atoms with E-state index in [1.54, 1.807) is 37.4 Å². The third kappa shape index (κ3) is 3.56. The van der Waals surface area contributed by atoms with Gasteiger partial charge in [-0.2, -0.15) is 0 Å². The summed E-state index contributed by atoms with van der Waals surface area (Å²) in [7, 11) is 1.60. The van der Waals surface area contributed by atoms with Crippen molar-refractivity contribution in [1.82, 2.24) is 9.78 Å². The minimum absolute atomic E-state index is 0.0296. The fraction of sp³-hybridized carbons (Fsp3) is 0.211. The highest BCUT2D eigenvalue weighted by molar-refractivity contribution is 7.71. The van der Waals surface area contributed by atoms with Gasteiger partial charge in [-0.1, -0.05) is 0 Å².